The number of hydrogen-bond donors (Lipinski definition) is 1. The first kappa shape index (κ1) is 12.5. The van der Waals surface area contributed by atoms with Crippen LogP contribution in [0.15, 0.2) is 0 Å². The Morgan fingerprint density at radius 3 is 2.44 bits per heavy atom. The normalized spacial score (nSPS) is 13.1. The lowest BCUT2D eigenvalue weighted by Crippen LogP contribution is -2.17. The van der Waals surface area contributed by atoms with E-state index < -0.39 is 4.92 Å². The average Bonchev–Trinajstić information content (AvgIpc) is 2.42. The molecule has 0 fully saturated rings. The molecule has 1 aromatic heterocycles. The van der Waals surface area contributed by atoms with Crippen molar-refractivity contribution in [2.24, 2.45) is 5.92 Å². The van der Waals surface area contributed by atoms with E-state index >= 15 is 0 Å². The van der Waals surface area contributed by atoms with Gasteiger partial charge in [-0.25, -0.2) is 4.68 Å². The SMILES string of the molecule is CCC(C(C)C)n1nc(C)c([N+](=O)[O-])c1N. The smallest absolute Gasteiger partial charge is 0.333 e. The van der Waals surface area contributed by atoms with E-state index in [0.29, 0.717) is 11.6 Å². The van der Waals surface area contributed by atoms with Crippen LogP contribution in [0.3, 0.4) is 0 Å². The highest BCUT2D eigenvalue weighted by Crippen LogP contribution is 2.31. The van der Waals surface area contributed by atoms with Crippen molar-refractivity contribution >= 4 is 11.5 Å². The number of nitrogen functional groups attached to an aromatic ring is 1. The zero-order chi connectivity index (χ0) is 12.5. The Balaban J connectivity index is 3.25. The van der Waals surface area contributed by atoms with Crippen LogP contribution in [0.4, 0.5) is 11.5 Å². The van der Waals surface area contributed by atoms with Gasteiger partial charge in [0.2, 0.25) is 5.82 Å². The van der Waals surface area contributed by atoms with Gasteiger partial charge in [-0.3, -0.25) is 10.1 Å². The van der Waals surface area contributed by atoms with Crippen LogP contribution in [0.5, 0.6) is 0 Å². The summed E-state index contributed by atoms with van der Waals surface area (Å²) in [6.45, 7) is 7.73. The highest BCUT2D eigenvalue weighted by molar-refractivity contribution is 5.56. The number of nitrogens with two attached hydrogens (primary N) is 1. The molecule has 1 heterocycles. The van der Waals surface area contributed by atoms with E-state index in [2.05, 4.69) is 18.9 Å². The fraction of sp³-hybridized carbons (Fsp3) is 0.700. The summed E-state index contributed by atoms with van der Waals surface area (Å²) in [6, 6.07) is 0.104. The van der Waals surface area contributed by atoms with Gasteiger partial charge in [0.05, 0.1) is 11.0 Å². The second-order valence-corrected chi connectivity index (χ2v) is 4.24. The highest BCUT2D eigenvalue weighted by Gasteiger charge is 2.27. The topological polar surface area (TPSA) is 87.0 Å². The first-order valence-corrected chi connectivity index (χ1v) is 5.39. The van der Waals surface area contributed by atoms with Crippen LogP contribution in [0.1, 0.15) is 38.9 Å². The third kappa shape index (κ3) is 2.00. The summed E-state index contributed by atoms with van der Waals surface area (Å²) in [7, 11) is 0. The van der Waals surface area contributed by atoms with Crippen molar-refractivity contribution in [1.29, 1.82) is 0 Å². The maximum Gasteiger partial charge on any atom is 0.333 e. The molecular formula is C10H18N4O2. The minimum atomic E-state index is -0.471. The number of nitro groups is 1. The minimum absolute atomic E-state index is 0.0703. The van der Waals surface area contributed by atoms with Crippen molar-refractivity contribution in [3.8, 4) is 0 Å². The van der Waals surface area contributed by atoms with Crippen molar-refractivity contribution < 1.29 is 4.92 Å². The molecular weight excluding hydrogens is 208 g/mol. The Bertz CT molecular complexity index is 398. The predicted molar refractivity (Wildman–Crippen MR) is 62.2 cm³/mol. The third-order valence-electron chi connectivity index (χ3n) is 2.77. The van der Waals surface area contributed by atoms with Crippen molar-refractivity contribution in [3.05, 3.63) is 15.8 Å². The molecule has 0 spiro atoms. The molecule has 0 saturated carbocycles. The molecule has 1 rings (SSSR count). The zero-order valence-corrected chi connectivity index (χ0v) is 10.1. The monoisotopic (exact) mass is 226 g/mol. The first-order valence-electron chi connectivity index (χ1n) is 5.39. The molecule has 6 nitrogen and oxygen atoms in total. The average molecular weight is 226 g/mol. The Morgan fingerprint density at radius 2 is 2.12 bits per heavy atom. The van der Waals surface area contributed by atoms with Crippen LogP contribution in [0, 0.1) is 23.0 Å². The highest BCUT2D eigenvalue weighted by atomic mass is 16.6. The van der Waals surface area contributed by atoms with Gasteiger partial charge in [0.1, 0.15) is 5.69 Å². The fourth-order valence-electron chi connectivity index (χ4n) is 1.96. The van der Waals surface area contributed by atoms with Crippen molar-refractivity contribution in [2.75, 3.05) is 5.73 Å². The van der Waals surface area contributed by atoms with E-state index in [1.54, 1.807) is 11.6 Å². The second kappa shape index (κ2) is 4.51. The molecule has 6 heteroatoms. The van der Waals surface area contributed by atoms with Crippen LogP contribution in [-0.2, 0) is 0 Å². The van der Waals surface area contributed by atoms with E-state index in [9.17, 15) is 10.1 Å². The van der Waals surface area contributed by atoms with Gasteiger partial charge in [-0.1, -0.05) is 20.8 Å². The molecule has 90 valence electrons. The number of aryl methyl sites for hydroxylation is 1. The molecule has 0 aliphatic heterocycles. The number of anilines is 1. The van der Waals surface area contributed by atoms with Crippen LogP contribution >= 0.6 is 0 Å². The largest absolute Gasteiger partial charge is 0.378 e. The lowest BCUT2D eigenvalue weighted by Gasteiger charge is -2.20. The number of nitrogens with zero attached hydrogens (tertiary/aromatic N) is 3. The molecule has 1 aromatic rings. The van der Waals surface area contributed by atoms with Gasteiger partial charge < -0.3 is 5.73 Å². The van der Waals surface area contributed by atoms with Gasteiger partial charge in [-0.2, -0.15) is 5.10 Å². The summed E-state index contributed by atoms with van der Waals surface area (Å²) in [5.41, 5.74) is 6.08. The predicted octanol–water partition coefficient (Wildman–Crippen LogP) is 2.29. The number of hydrogen-bond acceptors (Lipinski definition) is 4. The Kier molecular flexibility index (Phi) is 3.51. The quantitative estimate of drug-likeness (QED) is 0.630. The Morgan fingerprint density at radius 1 is 1.56 bits per heavy atom. The molecule has 0 bridgehead atoms. The van der Waals surface area contributed by atoms with E-state index in [1.807, 2.05) is 6.92 Å². The van der Waals surface area contributed by atoms with Gasteiger partial charge in [-0.15, -0.1) is 0 Å². The van der Waals surface area contributed by atoms with Crippen LogP contribution in [0.2, 0.25) is 0 Å². The number of aromatic nitrogens is 2. The molecule has 0 saturated heterocycles. The Labute approximate surface area is 94.6 Å². The summed E-state index contributed by atoms with van der Waals surface area (Å²) < 4.78 is 1.58. The maximum absolute atomic E-state index is 10.8. The maximum atomic E-state index is 10.8. The third-order valence-corrected chi connectivity index (χ3v) is 2.77. The molecule has 0 amide bonds. The van der Waals surface area contributed by atoms with Crippen LogP contribution in [0.25, 0.3) is 0 Å². The van der Waals surface area contributed by atoms with Gasteiger partial charge in [-0.05, 0) is 19.3 Å². The van der Waals surface area contributed by atoms with Gasteiger partial charge in [0.25, 0.3) is 0 Å². The molecule has 0 aliphatic carbocycles. The molecule has 1 atom stereocenters. The molecule has 0 radical (unpaired) electrons. The molecule has 0 aliphatic rings. The van der Waals surface area contributed by atoms with Crippen molar-refractivity contribution in [1.82, 2.24) is 9.78 Å². The van der Waals surface area contributed by atoms with E-state index in [4.69, 9.17) is 5.73 Å². The van der Waals surface area contributed by atoms with E-state index in [-0.39, 0.29) is 17.5 Å². The van der Waals surface area contributed by atoms with E-state index in [0.717, 1.165) is 6.42 Å². The summed E-state index contributed by atoms with van der Waals surface area (Å²) in [6.07, 6.45) is 0.847. The second-order valence-electron chi connectivity index (χ2n) is 4.24. The fourth-order valence-corrected chi connectivity index (χ4v) is 1.96. The summed E-state index contributed by atoms with van der Waals surface area (Å²) in [4.78, 5) is 10.3. The molecule has 2 N–H and O–H groups in total. The summed E-state index contributed by atoms with van der Waals surface area (Å²) >= 11 is 0. The summed E-state index contributed by atoms with van der Waals surface area (Å²) in [5.74, 6) is 0.495. The Hall–Kier alpha value is -1.59. The van der Waals surface area contributed by atoms with Crippen LogP contribution in [-0.4, -0.2) is 14.7 Å². The van der Waals surface area contributed by atoms with Crippen molar-refractivity contribution in [2.45, 2.75) is 40.2 Å². The first-order chi connectivity index (χ1) is 7.40. The lowest BCUT2D eigenvalue weighted by molar-refractivity contribution is -0.384. The molecule has 0 aromatic carbocycles. The standard InChI is InChI=1S/C10H18N4O2/c1-5-8(6(2)3)13-10(11)9(14(15)16)7(4)12-13/h6,8H,5,11H2,1-4H3. The van der Waals surface area contributed by atoms with E-state index in [1.165, 1.54) is 0 Å². The van der Waals surface area contributed by atoms with Crippen LogP contribution < -0.4 is 5.73 Å². The lowest BCUT2D eigenvalue weighted by atomic mass is 10.0. The van der Waals surface area contributed by atoms with Crippen molar-refractivity contribution in [3.63, 3.8) is 0 Å². The van der Waals surface area contributed by atoms with Gasteiger partial charge in [0, 0.05) is 0 Å². The van der Waals surface area contributed by atoms with Gasteiger partial charge >= 0.3 is 5.69 Å². The zero-order valence-electron chi connectivity index (χ0n) is 10.1. The summed E-state index contributed by atoms with van der Waals surface area (Å²) in [5, 5.41) is 15.0. The van der Waals surface area contributed by atoms with Gasteiger partial charge in [0.15, 0.2) is 0 Å². The number of rotatable bonds is 4. The minimum Gasteiger partial charge on any atom is -0.378 e. The molecule has 1 unspecified atom stereocenters. The molecule has 16 heavy (non-hydrogen) atoms.